The van der Waals surface area contributed by atoms with Crippen molar-refractivity contribution >= 4 is 5.91 Å². The Hall–Kier alpha value is -1.26. The van der Waals surface area contributed by atoms with Crippen molar-refractivity contribution in [2.24, 2.45) is 0 Å². The lowest BCUT2D eigenvalue weighted by atomic mass is 10.3. The molecule has 1 aromatic carbocycles. The summed E-state index contributed by atoms with van der Waals surface area (Å²) in [5.74, 6) is 0.901. The first-order valence-electron chi connectivity index (χ1n) is 7.01. The zero-order valence-corrected chi connectivity index (χ0v) is 13.0. The van der Waals surface area contributed by atoms with E-state index in [1.807, 2.05) is 42.6 Å². The molecule has 114 valence electrons. The summed E-state index contributed by atoms with van der Waals surface area (Å²) in [5, 5.41) is 4.98. The number of rotatable bonds is 9. The summed E-state index contributed by atoms with van der Waals surface area (Å²) in [5.41, 5.74) is 0. The van der Waals surface area contributed by atoms with Crippen molar-refractivity contribution in [2.75, 3.05) is 19.7 Å². The Labute approximate surface area is 127 Å². The van der Waals surface area contributed by atoms with Crippen molar-refractivity contribution < 1.29 is 27.3 Å². The number of hydrogen-bond acceptors (Lipinski definition) is 2. The van der Waals surface area contributed by atoms with Gasteiger partial charge in [-0.1, -0.05) is 31.5 Å². The number of nitrogens with two attached hydrogens (primary N) is 1. The van der Waals surface area contributed by atoms with Crippen molar-refractivity contribution in [1.29, 1.82) is 0 Å². The molecule has 20 heavy (non-hydrogen) atoms. The summed E-state index contributed by atoms with van der Waals surface area (Å²) in [6.45, 7) is 6.10. The average Bonchev–Trinajstić information content (AvgIpc) is 2.42. The van der Waals surface area contributed by atoms with Gasteiger partial charge in [0.05, 0.1) is 12.6 Å². The molecular formula is C15H25ClN2O2. The highest BCUT2D eigenvalue weighted by atomic mass is 35.5. The van der Waals surface area contributed by atoms with E-state index >= 15 is 0 Å². The molecule has 0 fully saturated rings. The maximum absolute atomic E-state index is 11.6. The molecule has 0 heterocycles. The number of unbranched alkanes of at least 4 members (excludes halogenated alkanes) is 1. The molecule has 4 nitrogen and oxygen atoms in total. The van der Waals surface area contributed by atoms with Gasteiger partial charge in [0.15, 0.2) is 6.54 Å². The maximum Gasteiger partial charge on any atom is 0.275 e. The molecule has 0 saturated carbocycles. The fraction of sp³-hybridized carbons (Fsp3) is 0.533. The zero-order chi connectivity index (χ0) is 13.9. The highest BCUT2D eigenvalue weighted by molar-refractivity contribution is 5.76. The van der Waals surface area contributed by atoms with E-state index in [1.54, 1.807) is 0 Å². The predicted molar refractivity (Wildman–Crippen MR) is 76.1 cm³/mol. The van der Waals surface area contributed by atoms with E-state index in [0.29, 0.717) is 13.2 Å². The van der Waals surface area contributed by atoms with Gasteiger partial charge in [-0.2, -0.15) is 0 Å². The number of amides is 1. The molecule has 0 saturated heterocycles. The standard InChI is InChI=1S/C15H24N2O2.ClH/c1-3-4-10-16-11-15(18)17-13(2)12-19-14-8-6-5-7-9-14;/h5-9,13,16H,3-4,10-12H2,1-2H3,(H,17,18);1H. The molecule has 0 aliphatic carbocycles. The van der Waals surface area contributed by atoms with Crippen molar-refractivity contribution in [3.05, 3.63) is 30.3 Å². The third-order valence-corrected chi connectivity index (χ3v) is 2.74. The quantitative estimate of drug-likeness (QED) is 0.515. The molecular weight excluding hydrogens is 276 g/mol. The molecule has 1 aromatic rings. The first-order chi connectivity index (χ1) is 9.22. The third-order valence-electron chi connectivity index (χ3n) is 2.74. The summed E-state index contributed by atoms with van der Waals surface area (Å²) >= 11 is 0. The first-order valence-corrected chi connectivity index (χ1v) is 7.01. The predicted octanol–water partition coefficient (Wildman–Crippen LogP) is -2.06. The molecule has 0 aromatic heterocycles. The van der Waals surface area contributed by atoms with Crippen LogP contribution in [0.15, 0.2) is 30.3 Å². The Bertz CT molecular complexity index is 360. The number of halogens is 1. The Kier molecular flexibility index (Phi) is 10.8. The van der Waals surface area contributed by atoms with Crippen LogP contribution in [0.3, 0.4) is 0 Å². The van der Waals surface area contributed by atoms with E-state index in [-0.39, 0.29) is 24.4 Å². The summed E-state index contributed by atoms with van der Waals surface area (Å²) < 4.78 is 5.59. The van der Waals surface area contributed by atoms with E-state index in [1.165, 1.54) is 6.42 Å². The number of nitrogens with one attached hydrogen (secondary N) is 1. The smallest absolute Gasteiger partial charge is 0.275 e. The highest BCUT2D eigenvalue weighted by Gasteiger charge is 2.09. The van der Waals surface area contributed by atoms with E-state index < -0.39 is 0 Å². The number of benzene rings is 1. The monoisotopic (exact) mass is 300 g/mol. The van der Waals surface area contributed by atoms with Crippen molar-refractivity contribution in [2.45, 2.75) is 32.7 Å². The average molecular weight is 301 g/mol. The van der Waals surface area contributed by atoms with Crippen LogP contribution in [0.5, 0.6) is 5.75 Å². The van der Waals surface area contributed by atoms with E-state index in [9.17, 15) is 4.79 Å². The molecule has 5 heteroatoms. The number of carbonyl (C=O) groups excluding carboxylic acids is 1. The van der Waals surface area contributed by atoms with Crippen molar-refractivity contribution in [3.8, 4) is 5.75 Å². The molecule has 0 aliphatic heterocycles. The van der Waals surface area contributed by atoms with Gasteiger partial charge in [0.25, 0.3) is 5.91 Å². The molecule has 0 spiro atoms. The van der Waals surface area contributed by atoms with Crippen molar-refractivity contribution in [3.63, 3.8) is 0 Å². The molecule has 1 atom stereocenters. The molecule has 0 aliphatic rings. The van der Waals surface area contributed by atoms with Crippen LogP contribution in [0.25, 0.3) is 0 Å². The Morgan fingerprint density at radius 2 is 2.05 bits per heavy atom. The number of quaternary nitrogens is 1. The molecule has 0 radical (unpaired) electrons. The highest BCUT2D eigenvalue weighted by Crippen LogP contribution is 2.08. The lowest BCUT2D eigenvalue weighted by Crippen LogP contribution is -3.00. The van der Waals surface area contributed by atoms with Gasteiger partial charge in [-0.05, 0) is 25.5 Å². The Morgan fingerprint density at radius 3 is 2.70 bits per heavy atom. The maximum atomic E-state index is 11.6. The van der Waals surface area contributed by atoms with Crippen LogP contribution in [0.4, 0.5) is 0 Å². The normalized spacial score (nSPS) is 11.3. The SMILES string of the molecule is CCCC[NH2+]CC(=O)NC(C)COc1ccccc1.[Cl-]. The summed E-state index contributed by atoms with van der Waals surface area (Å²) in [6.07, 6.45) is 2.32. The zero-order valence-electron chi connectivity index (χ0n) is 12.3. The van der Waals surface area contributed by atoms with Gasteiger partial charge in [0, 0.05) is 0 Å². The fourth-order valence-electron chi connectivity index (χ4n) is 1.69. The molecule has 1 amide bonds. The molecule has 1 unspecified atom stereocenters. The largest absolute Gasteiger partial charge is 1.00 e. The van der Waals surface area contributed by atoms with Gasteiger partial charge in [0.2, 0.25) is 0 Å². The molecule has 1 rings (SSSR count). The lowest BCUT2D eigenvalue weighted by molar-refractivity contribution is -0.644. The minimum atomic E-state index is 0. The van der Waals surface area contributed by atoms with Crippen LogP contribution in [-0.2, 0) is 4.79 Å². The second-order valence-corrected chi connectivity index (χ2v) is 4.73. The van der Waals surface area contributed by atoms with Gasteiger partial charge in [0.1, 0.15) is 12.4 Å². The number of carbonyl (C=O) groups is 1. The minimum absolute atomic E-state index is 0. The summed E-state index contributed by atoms with van der Waals surface area (Å²) in [6, 6.07) is 9.65. The topological polar surface area (TPSA) is 54.9 Å². The fourth-order valence-corrected chi connectivity index (χ4v) is 1.69. The van der Waals surface area contributed by atoms with Gasteiger partial charge >= 0.3 is 0 Å². The van der Waals surface area contributed by atoms with E-state index in [4.69, 9.17) is 4.74 Å². The second-order valence-electron chi connectivity index (χ2n) is 4.73. The summed E-state index contributed by atoms with van der Waals surface area (Å²) in [7, 11) is 0. The molecule has 3 N–H and O–H groups in total. The lowest BCUT2D eigenvalue weighted by Gasteiger charge is -2.14. The van der Waals surface area contributed by atoms with Crippen LogP contribution in [0.1, 0.15) is 26.7 Å². The van der Waals surface area contributed by atoms with Crippen molar-refractivity contribution in [1.82, 2.24) is 5.32 Å². The van der Waals surface area contributed by atoms with Gasteiger partial charge < -0.3 is 27.8 Å². The van der Waals surface area contributed by atoms with Crippen LogP contribution in [0.2, 0.25) is 0 Å². The Balaban J connectivity index is 0.00000361. The van der Waals surface area contributed by atoms with E-state index in [0.717, 1.165) is 18.7 Å². The van der Waals surface area contributed by atoms with Gasteiger partial charge in [-0.15, -0.1) is 0 Å². The van der Waals surface area contributed by atoms with E-state index in [2.05, 4.69) is 12.2 Å². The minimum Gasteiger partial charge on any atom is -1.00 e. The first kappa shape index (κ1) is 18.7. The van der Waals surface area contributed by atoms with Gasteiger partial charge in [-0.3, -0.25) is 4.79 Å². The van der Waals surface area contributed by atoms with Crippen LogP contribution >= 0.6 is 0 Å². The van der Waals surface area contributed by atoms with Crippen LogP contribution in [-0.4, -0.2) is 31.6 Å². The number of hydrogen-bond donors (Lipinski definition) is 2. The number of ether oxygens (including phenoxy) is 1. The Morgan fingerprint density at radius 1 is 1.35 bits per heavy atom. The summed E-state index contributed by atoms with van der Waals surface area (Å²) in [4.78, 5) is 11.6. The van der Waals surface area contributed by atoms with Crippen LogP contribution < -0.4 is 27.8 Å². The number of para-hydroxylation sites is 1. The van der Waals surface area contributed by atoms with Crippen LogP contribution in [0, 0.1) is 0 Å². The second kappa shape index (κ2) is 11.6. The molecule has 0 bridgehead atoms. The van der Waals surface area contributed by atoms with Gasteiger partial charge in [-0.25, -0.2) is 0 Å². The third kappa shape index (κ3) is 8.77.